The molecule has 0 atom stereocenters. The molecule has 0 spiro atoms. The first kappa shape index (κ1) is 10.0. The summed E-state index contributed by atoms with van der Waals surface area (Å²) in [6.45, 7) is 0. The second kappa shape index (κ2) is 4.81. The molecule has 15 heavy (non-hydrogen) atoms. The van der Waals surface area contributed by atoms with Crippen molar-refractivity contribution >= 4 is 23.8 Å². The molecule has 0 amide bonds. The molecule has 0 aliphatic rings. The molecule has 1 heteroatoms. The van der Waals surface area contributed by atoms with Crippen LogP contribution in [0.25, 0.3) is 12.2 Å². The molecule has 1 radical (unpaired) electrons. The van der Waals surface area contributed by atoms with Gasteiger partial charge >= 0.3 is 0 Å². The van der Waals surface area contributed by atoms with E-state index in [1.165, 1.54) is 0 Å². The Bertz CT molecular complexity index is 458. The van der Waals surface area contributed by atoms with E-state index in [9.17, 15) is 0 Å². The maximum absolute atomic E-state index is 6.03. The molecule has 0 aromatic heterocycles. The molecular weight excluding hydrogens is 204 g/mol. The van der Waals surface area contributed by atoms with Crippen LogP contribution in [0.5, 0.6) is 0 Å². The lowest BCUT2D eigenvalue weighted by Gasteiger charge is -1.96. The number of halogens is 1. The summed E-state index contributed by atoms with van der Waals surface area (Å²) < 4.78 is 0. The number of hydrogen-bond donors (Lipinski definition) is 0. The molecule has 0 N–H and O–H groups in total. The topological polar surface area (TPSA) is 0 Å². The summed E-state index contributed by atoms with van der Waals surface area (Å²) in [5, 5.41) is 0.768. The molecule has 0 nitrogen and oxygen atoms in total. The van der Waals surface area contributed by atoms with Gasteiger partial charge in [-0.2, -0.15) is 0 Å². The first-order valence-electron chi connectivity index (χ1n) is 4.75. The quantitative estimate of drug-likeness (QED) is 0.652. The lowest BCUT2D eigenvalue weighted by Crippen LogP contribution is -1.74. The maximum atomic E-state index is 6.03. The highest BCUT2D eigenvalue weighted by molar-refractivity contribution is 6.32. The molecule has 73 valence electrons. The normalized spacial score (nSPS) is 10.7. The van der Waals surface area contributed by atoms with Crippen LogP contribution < -0.4 is 0 Å². The Morgan fingerprint density at radius 3 is 2.47 bits per heavy atom. The number of hydrogen-bond acceptors (Lipinski definition) is 0. The highest BCUT2D eigenvalue weighted by atomic mass is 35.5. The van der Waals surface area contributed by atoms with E-state index in [0.717, 1.165) is 16.1 Å². The van der Waals surface area contributed by atoms with Crippen LogP contribution in [-0.4, -0.2) is 0 Å². The molecule has 2 aromatic carbocycles. The van der Waals surface area contributed by atoms with Gasteiger partial charge in [0.1, 0.15) is 0 Å². The second-order valence-electron chi connectivity index (χ2n) is 3.17. The van der Waals surface area contributed by atoms with Crippen molar-refractivity contribution in [2.45, 2.75) is 0 Å². The van der Waals surface area contributed by atoms with E-state index in [1.54, 1.807) is 0 Å². The Kier molecular flexibility index (Phi) is 3.21. The van der Waals surface area contributed by atoms with Crippen molar-refractivity contribution in [2.24, 2.45) is 0 Å². The molecule has 2 rings (SSSR count). The molecule has 0 saturated heterocycles. The highest BCUT2D eigenvalue weighted by Gasteiger charge is 1.92. The summed E-state index contributed by atoms with van der Waals surface area (Å²) >= 11 is 6.03. The molecule has 0 saturated carbocycles. The average Bonchev–Trinajstić information content (AvgIpc) is 2.29. The number of benzene rings is 2. The van der Waals surface area contributed by atoms with Crippen molar-refractivity contribution in [3.05, 3.63) is 70.7 Å². The van der Waals surface area contributed by atoms with Gasteiger partial charge in [-0.1, -0.05) is 66.2 Å². The van der Waals surface area contributed by atoms with Crippen LogP contribution >= 0.6 is 11.6 Å². The first-order valence-corrected chi connectivity index (χ1v) is 5.13. The van der Waals surface area contributed by atoms with Crippen LogP contribution in [0.1, 0.15) is 11.1 Å². The van der Waals surface area contributed by atoms with Crippen molar-refractivity contribution in [3.8, 4) is 0 Å². The van der Waals surface area contributed by atoms with Crippen LogP contribution in [-0.2, 0) is 0 Å². The van der Waals surface area contributed by atoms with Gasteiger partial charge in [0.05, 0.1) is 0 Å². The fourth-order valence-corrected chi connectivity index (χ4v) is 1.50. The SMILES string of the molecule is Clc1ccccc1/C=C/c1[c]cccc1. The predicted molar refractivity (Wildman–Crippen MR) is 65.7 cm³/mol. The van der Waals surface area contributed by atoms with Gasteiger partial charge in [-0.25, -0.2) is 0 Å². The van der Waals surface area contributed by atoms with Crippen molar-refractivity contribution in [1.82, 2.24) is 0 Å². The van der Waals surface area contributed by atoms with E-state index in [2.05, 4.69) is 6.07 Å². The van der Waals surface area contributed by atoms with E-state index in [-0.39, 0.29) is 0 Å². The van der Waals surface area contributed by atoms with E-state index in [1.807, 2.05) is 60.7 Å². The van der Waals surface area contributed by atoms with Gasteiger partial charge in [-0.05, 0) is 23.3 Å². The molecule has 2 aromatic rings. The van der Waals surface area contributed by atoms with Crippen LogP contribution in [0.4, 0.5) is 0 Å². The van der Waals surface area contributed by atoms with Crippen molar-refractivity contribution in [1.29, 1.82) is 0 Å². The zero-order valence-corrected chi connectivity index (χ0v) is 8.91. The third-order valence-corrected chi connectivity index (χ3v) is 2.42. The summed E-state index contributed by atoms with van der Waals surface area (Å²) in [4.78, 5) is 0. The average molecular weight is 214 g/mol. The third-order valence-electron chi connectivity index (χ3n) is 2.08. The standard InChI is InChI=1S/C14H10Cl/c15-14-9-5-4-8-13(14)11-10-12-6-2-1-3-7-12/h1-6,8-11H/b11-10+. The Morgan fingerprint density at radius 2 is 1.73 bits per heavy atom. The molecule has 0 fully saturated rings. The smallest absolute Gasteiger partial charge is 0.0478 e. The van der Waals surface area contributed by atoms with Crippen molar-refractivity contribution in [3.63, 3.8) is 0 Å². The summed E-state index contributed by atoms with van der Waals surface area (Å²) in [6, 6.07) is 18.7. The minimum Gasteiger partial charge on any atom is -0.0837 e. The van der Waals surface area contributed by atoms with E-state index in [0.29, 0.717) is 0 Å². The van der Waals surface area contributed by atoms with E-state index >= 15 is 0 Å². The fourth-order valence-electron chi connectivity index (χ4n) is 1.30. The third kappa shape index (κ3) is 2.71. The summed E-state index contributed by atoms with van der Waals surface area (Å²) in [7, 11) is 0. The van der Waals surface area contributed by atoms with E-state index < -0.39 is 0 Å². The largest absolute Gasteiger partial charge is 0.0837 e. The number of rotatable bonds is 2. The predicted octanol–water partition coefficient (Wildman–Crippen LogP) is 4.31. The zero-order valence-electron chi connectivity index (χ0n) is 8.15. The molecule has 0 bridgehead atoms. The van der Waals surface area contributed by atoms with Gasteiger partial charge in [0.15, 0.2) is 0 Å². The van der Waals surface area contributed by atoms with Gasteiger partial charge < -0.3 is 0 Å². The van der Waals surface area contributed by atoms with Crippen LogP contribution in [0.3, 0.4) is 0 Å². The van der Waals surface area contributed by atoms with Gasteiger partial charge in [0, 0.05) is 5.02 Å². The molecule has 0 aliphatic carbocycles. The summed E-state index contributed by atoms with van der Waals surface area (Å²) in [5.74, 6) is 0. The van der Waals surface area contributed by atoms with Gasteiger partial charge in [0.25, 0.3) is 0 Å². The van der Waals surface area contributed by atoms with Crippen molar-refractivity contribution < 1.29 is 0 Å². The lowest BCUT2D eigenvalue weighted by atomic mass is 10.1. The Morgan fingerprint density at radius 1 is 0.933 bits per heavy atom. The van der Waals surface area contributed by atoms with Crippen molar-refractivity contribution in [2.75, 3.05) is 0 Å². The molecule has 0 unspecified atom stereocenters. The summed E-state index contributed by atoms with van der Waals surface area (Å²) in [5.41, 5.74) is 2.08. The maximum Gasteiger partial charge on any atom is 0.0478 e. The Hall–Kier alpha value is -1.53. The van der Waals surface area contributed by atoms with Gasteiger partial charge in [0.2, 0.25) is 0 Å². The minimum absolute atomic E-state index is 0.768. The van der Waals surface area contributed by atoms with Crippen LogP contribution in [0.15, 0.2) is 48.5 Å². The van der Waals surface area contributed by atoms with E-state index in [4.69, 9.17) is 11.6 Å². The van der Waals surface area contributed by atoms with Gasteiger partial charge in [-0.15, -0.1) is 0 Å². The lowest BCUT2D eigenvalue weighted by molar-refractivity contribution is 1.63. The zero-order chi connectivity index (χ0) is 10.5. The highest BCUT2D eigenvalue weighted by Crippen LogP contribution is 2.17. The van der Waals surface area contributed by atoms with Gasteiger partial charge in [-0.3, -0.25) is 0 Å². The minimum atomic E-state index is 0.768. The fraction of sp³-hybridized carbons (Fsp3) is 0. The first-order chi connectivity index (χ1) is 7.36. The van der Waals surface area contributed by atoms with Crippen LogP contribution in [0, 0.1) is 6.07 Å². The molecular formula is C14H10Cl. The molecule has 0 heterocycles. The Labute approximate surface area is 94.8 Å². The summed E-state index contributed by atoms with van der Waals surface area (Å²) in [6.07, 6.45) is 4.00. The Balaban J connectivity index is 2.23. The molecule has 0 aliphatic heterocycles. The second-order valence-corrected chi connectivity index (χ2v) is 3.58. The van der Waals surface area contributed by atoms with Crippen LogP contribution in [0.2, 0.25) is 5.02 Å². The monoisotopic (exact) mass is 213 g/mol.